The largest absolute Gasteiger partial charge is 0.507 e. The highest BCUT2D eigenvalue weighted by molar-refractivity contribution is 5.97. The van der Waals surface area contributed by atoms with Gasteiger partial charge in [-0.3, -0.25) is 9.59 Å². The van der Waals surface area contributed by atoms with E-state index in [1.165, 1.54) is 0 Å². The van der Waals surface area contributed by atoms with Gasteiger partial charge in [-0.2, -0.15) is 0 Å². The van der Waals surface area contributed by atoms with E-state index in [0.29, 0.717) is 44.8 Å². The highest BCUT2D eigenvalue weighted by Gasteiger charge is 2.42. The van der Waals surface area contributed by atoms with E-state index < -0.39 is 0 Å². The summed E-state index contributed by atoms with van der Waals surface area (Å²) in [7, 11) is 1.64. The summed E-state index contributed by atoms with van der Waals surface area (Å²) >= 11 is 0. The summed E-state index contributed by atoms with van der Waals surface area (Å²) in [6, 6.07) is 5.17. The molecule has 0 aliphatic carbocycles. The zero-order chi connectivity index (χ0) is 18.7. The van der Waals surface area contributed by atoms with E-state index in [1.54, 1.807) is 19.2 Å². The van der Waals surface area contributed by atoms with Gasteiger partial charge < -0.3 is 19.6 Å². The molecule has 142 valence electrons. The molecule has 6 heteroatoms. The summed E-state index contributed by atoms with van der Waals surface area (Å²) in [4.78, 5) is 28.9. The Balaban J connectivity index is 1.74. The molecule has 2 heterocycles. The molecule has 0 radical (unpaired) electrons. The van der Waals surface area contributed by atoms with Crippen LogP contribution in [0.3, 0.4) is 0 Å². The second-order valence-corrected chi connectivity index (χ2v) is 7.66. The molecule has 1 N–H and O–H groups in total. The number of aromatic hydroxyl groups is 1. The number of piperidine rings is 2. The van der Waals surface area contributed by atoms with Crippen LogP contribution in [0.2, 0.25) is 0 Å². The first-order valence-electron chi connectivity index (χ1n) is 9.30. The maximum atomic E-state index is 12.9. The Hall–Kier alpha value is -2.08. The van der Waals surface area contributed by atoms with Gasteiger partial charge in [-0.1, -0.05) is 6.07 Å². The third kappa shape index (κ3) is 3.85. The van der Waals surface area contributed by atoms with Gasteiger partial charge in [-0.25, -0.2) is 0 Å². The Morgan fingerprint density at radius 3 is 2.85 bits per heavy atom. The quantitative estimate of drug-likeness (QED) is 0.894. The first kappa shape index (κ1) is 18.7. The van der Waals surface area contributed by atoms with Crippen LogP contribution in [0.1, 0.15) is 41.6 Å². The van der Waals surface area contributed by atoms with Crippen molar-refractivity contribution >= 4 is 11.8 Å². The van der Waals surface area contributed by atoms with E-state index in [-0.39, 0.29) is 23.0 Å². The summed E-state index contributed by atoms with van der Waals surface area (Å²) in [6.07, 6.45) is 3.29. The number of amides is 2. The number of rotatable bonds is 4. The van der Waals surface area contributed by atoms with E-state index in [0.717, 1.165) is 24.8 Å². The number of likely N-dealkylation sites (tertiary alicyclic amines) is 2. The fraction of sp³-hybridized carbons (Fsp3) is 0.600. The lowest BCUT2D eigenvalue weighted by atomic mass is 9.73. The monoisotopic (exact) mass is 360 g/mol. The Morgan fingerprint density at radius 1 is 1.31 bits per heavy atom. The molecule has 0 bridgehead atoms. The smallest absolute Gasteiger partial charge is 0.257 e. The Bertz CT molecular complexity index is 690. The summed E-state index contributed by atoms with van der Waals surface area (Å²) in [5.41, 5.74) is 1.24. The molecule has 1 spiro atoms. The zero-order valence-corrected chi connectivity index (χ0v) is 15.7. The number of phenolic OH excluding ortho intramolecular Hbond substituents is 1. The second kappa shape index (κ2) is 7.66. The summed E-state index contributed by atoms with van der Waals surface area (Å²) in [5.74, 6) is 0.0874. The number of nitrogens with zero attached hydrogens (tertiary/aromatic N) is 2. The van der Waals surface area contributed by atoms with Crippen LogP contribution in [-0.2, 0) is 9.53 Å². The van der Waals surface area contributed by atoms with Gasteiger partial charge in [-0.05, 0) is 43.9 Å². The van der Waals surface area contributed by atoms with Crippen LogP contribution in [0.4, 0.5) is 0 Å². The number of benzene rings is 1. The van der Waals surface area contributed by atoms with Crippen molar-refractivity contribution in [3.63, 3.8) is 0 Å². The lowest BCUT2D eigenvalue weighted by Crippen LogP contribution is -2.55. The minimum absolute atomic E-state index is 0.0372. The van der Waals surface area contributed by atoms with Crippen LogP contribution < -0.4 is 0 Å². The van der Waals surface area contributed by atoms with Crippen LogP contribution in [0.15, 0.2) is 18.2 Å². The fourth-order valence-corrected chi connectivity index (χ4v) is 4.21. The zero-order valence-electron chi connectivity index (χ0n) is 15.7. The molecule has 0 unspecified atom stereocenters. The Labute approximate surface area is 154 Å². The number of phenols is 1. The van der Waals surface area contributed by atoms with Gasteiger partial charge >= 0.3 is 0 Å². The highest BCUT2D eigenvalue weighted by atomic mass is 16.5. The molecule has 1 aromatic rings. The number of hydrogen-bond acceptors (Lipinski definition) is 4. The Morgan fingerprint density at radius 2 is 2.12 bits per heavy atom. The van der Waals surface area contributed by atoms with Crippen molar-refractivity contribution in [3.05, 3.63) is 29.3 Å². The molecule has 0 aromatic heterocycles. The molecule has 2 aliphatic rings. The van der Waals surface area contributed by atoms with Crippen LogP contribution in [0, 0.1) is 12.3 Å². The highest BCUT2D eigenvalue weighted by Crippen LogP contribution is 2.39. The molecule has 26 heavy (non-hydrogen) atoms. The van der Waals surface area contributed by atoms with Crippen molar-refractivity contribution in [2.45, 2.75) is 32.6 Å². The van der Waals surface area contributed by atoms with Crippen LogP contribution in [0.5, 0.6) is 5.75 Å². The number of carbonyl (C=O) groups is 2. The summed E-state index contributed by atoms with van der Waals surface area (Å²) < 4.78 is 5.12. The topological polar surface area (TPSA) is 70.1 Å². The van der Waals surface area contributed by atoms with Gasteiger partial charge in [0, 0.05) is 45.1 Å². The van der Waals surface area contributed by atoms with Gasteiger partial charge in [-0.15, -0.1) is 0 Å². The fourth-order valence-electron chi connectivity index (χ4n) is 4.21. The lowest BCUT2D eigenvalue weighted by Gasteiger charge is -2.48. The molecule has 2 aliphatic heterocycles. The number of hydrogen-bond donors (Lipinski definition) is 1. The van der Waals surface area contributed by atoms with Gasteiger partial charge in [0.2, 0.25) is 5.91 Å². The number of aryl methyl sites for hydroxylation is 1. The SMILES string of the molecule is COCCN1C[C@]2(CCCN(C(=O)c3ccc(C)cc3O)C2)CCC1=O. The van der Waals surface area contributed by atoms with Crippen molar-refractivity contribution < 1.29 is 19.4 Å². The molecular weight excluding hydrogens is 332 g/mol. The minimum atomic E-state index is -0.123. The molecule has 2 amide bonds. The molecule has 3 rings (SSSR count). The lowest BCUT2D eigenvalue weighted by molar-refractivity contribution is -0.139. The van der Waals surface area contributed by atoms with Crippen LogP contribution in [-0.4, -0.2) is 66.6 Å². The van der Waals surface area contributed by atoms with E-state index in [9.17, 15) is 14.7 Å². The number of methoxy groups -OCH3 is 1. The predicted octanol–water partition coefficient (Wildman–Crippen LogP) is 2.19. The van der Waals surface area contributed by atoms with Crippen LogP contribution >= 0.6 is 0 Å². The van der Waals surface area contributed by atoms with Gasteiger partial charge in [0.25, 0.3) is 5.91 Å². The van der Waals surface area contributed by atoms with Crippen molar-refractivity contribution in [3.8, 4) is 5.75 Å². The van der Waals surface area contributed by atoms with Gasteiger partial charge in [0.05, 0.1) is 12.2 Å². The van der Waals surface area contributed by atoms with Crippen molar-refractivity contribution in [2.24, 2.45) is 5.41 Å². The van der Waals surface area contributed by atoms with E-state index in [1.807, 2.05) is 22.8 Å². The third-order valence-corrected chi connectivity index (χ3v) is 5.65. The first-order valence-corrected chi connectivity index (χ1v) is 9.30. The maximum Gasteiger partial charge on any atom is 0.257 e. The molecule has 1 aromatic carbocycles. The molecule has 2 saturated heterocycles. The van der Waals surface area contributed by atoms with E-state index in [2.05, 4.69) is 0 Å². The average Bonchev–Trinajstić information content (AvgIpc) is 2.62. The number of ether oxygens (including phenoxy) is 1. The van der Waals surface area contributed by atoms with Gasteiger partial charge in [0.1, 0.15) is 5.75 Å². The average molecular weight is 360 g/mol. The van der Waals surface area contributed by atoms with E-state index >= 15 is 0 Å². The molecule has 2 fully saturated rings. The van der Waals surface area contributed by atoms with Crippen molar-refractivity contribution in [1.29, 1.82) is 0 Å². The normalized spacial score (nSPS) is 23.5. The standard InChI is InChI=1S/C20H28N2O4/c1-15-4-5-16(17(23)12-15)19(25)22-9-3-7-20(14-22)8-6-18(24)21(13-20)10-11-26-2/h4-5,12,23H,3,6-11,13-14H2,1-2H3/t20-/m0/s1. The first-order chi connectivity index (χ1) is 12.4. The molecule has 6 nitrogen and oxygen atoms in total. The molecular formula is C20H28N2O4. The van der Waals surface area contributed by atoms with E-state index in [4.69, 9.17) is 4.74 Å². The third-order valence-electron chi connectivity index (χ3n) is 5.65. The molecule has 1 atom stereocenters. The summed E-state index contributed by atoms with van der Waals surface area (Å²) in [6.45, 7) is 5.03. The van der Waals surface area contributed by atoms with Gasteiger partial charge in [0.15, 0.2) is 0 Å². The second-order valence-electron chi connectivity index (χ2n) is 7.66. The van der Waals surface area contributed by atoms with Crippen molar-refractivity contribution in [2.75, 3.05) is 39.9 Å². The Kier molecular flexibility index (Phi) is 5.51. The van der Waals surface area contributed by atoms with Crippen molar-refractivity contribution in [1.82, 2.24) is 9.80 Å². The predicted molar refractivity (Wildman–Crippen MR) is 98.1 cm³/mol. The summed E-state index contributed by atoms with van der Waals surface area (Å²) in [5, 5.41) is 10.2. The number of carbonyl (C=O) groups excluding carboxylic acids is 2. The minimum Gasteiger partial charge on any atom is -0.507 e. The maximum absolute atomic E-state index is 12.9. The van der Waals surface area contributed by atoms with Crippen LogP contribution in [0.25, 0.3) is 0 Å². The molecule has 0 saturated carbocycles.